The van der Waals surface area contributed by atoms with Crippen LogP contribution in [-0.2, 0) is 9.84 Å². The molecule has 3 N–H and O–H groups in total. The smallest absolute Gasteiger partial charge is 0.250 e. The molecule has 0 saturated carbocycles. The van der Waals surface area contributed by atoms with Gasteiger partial charge in [0.2, 0.25) is 15.7 Å². The van der Waals surface area contributed by atoms with Crippen LogP contribution >= 0.6 is 0 Å². The van der Waals surface area contributed by atoms with Crippen LogP contribution < -0.4 is 10.5 Å². The Labute approximate surface area is 126 Å². The molecule has 0 radical (unpaired) electrons. The van der Waals surface area contributed by atoms with Crippen molar-refractivity contribution in [3.63, 3.8) is 0 Å². The first-order chi connectivity index (χ1) is 10.4. The fraction of sp³-hybridized carbons (Fsp3) is 0.154. The Kier molecular flexibility index (Phi) is 3.21. The van der Waals surface area contributed by atoms with Gasteiger partial charge in [0.25, 0.3) is 5.16 Å². The summed E-state index contributed by atoms with van der Waals surface area (Å²) in [4.78, 5) is 15.0. The fourth-order valence-electron chi connectivity index (χ4n) is 2.01. The summed E-state index contributed by atoms with van der Waals surface area (Å²) in [5.41, 5.74) is 8.17. The first-order valence-corrected chi connectivity index (χ1v) is 8.15. The number of aromatic nitrogens is 4. The highest BCUT2D eigenvalue weighted by molar-refractivity contribution is 7.90. The van der Waals surface area contributed by atoms with E-state index in [-0.39, 0.29) is 11.0 Å². The highest BCUT2D eigenvalue weighted by Crippen LogP contribution is 2.25. The summed E-state index contributed by atoms with van der Waals surface area (Å²) in [7, 11) is -2.14. The third-order valence-corrected chi connectivity index (χ3v) is 3.87. The van der Waals surface area contributed by atoms with Crippen LogP contribution in [0.25, 0.3) is 22.3 Å². The number of methoxy groups -OCH3 is 1. The van der Waals surface area contributed by atoms with Crippen molar-refractivity contribution in [3.8, 4) is 17.1 Å². The number of fused-ring (bicyclic) bond motifs is 1. The molecule has 0 aliphatic carbocycles. The summed E-state index contributed by atoms with van der Waals surface area (Å²) in [6.45, 7) is 0. The van der Waals surface area contributed by atoms with E-state index in [1.165, 1.54) is 7.11 Å². The standard InChI is InChI=1S/C13H13N5O3S/c1-21-11-6-9(17-13(18-11)22(2,19)20)7-3-4-8-10(5-7)16-12(14)15-8/h3-6H,1-2H3,(H3,14,15,16). The lowest BCUT2D eigenvalue weighted by molar-refractivity contribution is 0.391. The molecule has 2 heterocycles. The van der Waals surface area contributed by atoms with Crippen LogP contribution in [0.2, 0.25) is 0 Å². The largest absolute Gasteiger partial charge is 0.481 e. The number of hydrogen-bond donors (Lipinski definition) is 2. The van der Waals surface area contributed by atoms with Gasteiger partial charge in [-0.25, -0.2) is 18.4 Å². The number of nitrogen functional groups attached to an aromatic ring is 1. The molecule has 1 aromatic carbocycles. The third kappa shape index (κ3) is 2.58. The van der Waals surface area contributed by atoms with Crippen LogP contribution in [0.1, 0.15) is 0 Å². The van der Waals surface area contributed by atoms with Gasteiger partial charge >= 0.3 is 0 Å². The van der Waals surface area contributed by atoms with E-state index in [9.17, 15) is 8.42 Å². The normalized spacial score (nSPS) is 11.7. The molecule has 0 saturated heterocycles. The molecule has 0 bridgehead atoms. The van der Waals surface area contributed by atoms with Crippen LogP contribution in [-0.4, -0.2) is 41.7 Å². The number of anilines is 1. The van der Waals surface area contributed by atoms with Crippen molar-refractivity contribution < 1.29 is 13.2 Å². The number of aromatic amines is 1. The number of rotatable bonds is 3. The molecule has 0 fully saturated rings. The van der Waals surface area contributed by atoms with Crippen molar-refractivity contribution in [2.24, 2.45) is 0 Å². The maximum Gasteiger partial charge on any atom is 0.250 e. The van der Waals surface area contributed by atoms with Gasteiger partial charge in [0.15, 0.2) is 5.95 Å². The summed E-state index contributed by atoms with van der Waals surface area (Å²) in [6.07, 6.45) is 1.04. The van der Waals surface area contributed by atoms with Crippen molar-refractivity contribution in [1.29, 1.82) is 0 Å². The zero-order valence-electron chi connectivity index (χ0n) is 11.9. The van der Waals surface area contributed by atoms with Gasteiger partial charge in [-0.15, -0.1) is 0 Å². The van der Waals surface area contributed by atoms with Crippen LogP contribution in [0.3, 0.4) is 0 Å². The molecule has 0 aliphatic heterocycles. The number of sulfone groups is 1. The number of ether oxygens (including phenoxy) is 1. The Balaban J connectivity index is 2.20. The van der Waals surface area contributed by atoms with Gasteiger partial charge in [0, 0.05) is 17.9 Å². The lowest BCUT2D eigenvalue weighted by Gasteiger charge is -2.06. The minimum atomic E-state index is -3.55. The second kappa shape index (κ2) is 4.95. The van der Waals surface area contributed by atoms with Crippen LogP contribution in [0.4, 0.5) is 5.95 Å². The molecule has 0 spiro atoms. The Morgan fingerprint density at radius 2 is 1.95 bits per heavy atom. The number of H-pyrrole nitrogens is 1. The molecule has 22 heavy (non-hydrogen) atoms. The summed E-state index contributed by atoms with van der Waals surface area (Å²) in [6, 6.07) is 6.90. The summed E-state index contributed by atoms with van der Waals surface area (Å²) >= 11 is 0. The number of hydrogen-bond acceptors (Lipinski definition) is 7. The Bertz CT molecular complexity index is 965. The van der Waals surface area contributed by atoms with Gasteiger partial charge in [0.05, 0.1) is 23.8 Å². The number of nitrogens with two attached hydrogens (primary N) is 1. The van der Waals surface area contributed by atoms with Crippen molar-refractivity contribution >= 4 is 26.8 Å². The summed E-state index contributed by atoms with van der Waals surface area (Å²) < 4.78 is 28.4. The molecule has 3 aromatic rings. The third-order valence-electron chi connectivity index (χ3n) is 3.02. The van der Waals surface area contributed by atoms with Crippen molar-refractivity contribution in [3.05, 3.63) is 24.3 Å². The molecule has 0 atom stereocenters. The van der Waals surface area contributed by atoms with Gasteiger partial charge in [0.1, 0.15) is 0 Å². The zero-order valence-corrected chi connectivity index (χ0v) is 12.7. The molecule has 9 heteroatoms. The van der Waals surface area contributed by atoms with Crippen molar-refractivity contribution in [2.75, 3.05) is 19.1 Å². The first-order valence-electron chi connectivity index (χ1n) is 6.25. The predicted molar refractivity (Wildman–Crippen MR) is 81.2 cm³/mol. The number of nitrogens with one attached hydrogen (secondary N) is 1. The Morgan fingerprint density at radius 1 is 1.18 bits per heavy atom. The van der Waals surface area contributed by atoms with Gasteiger partial charge < -0.3 is 15.5 Å². The van der Waals surface area contributed by atoms with Gasteiger partial charge in [-0.1, -0.05) is 6.07 Å². The minimum absolute atomic E-state index is 0.173. The lowest BCUT2D eigenvalue weighted by atomic mass is 10.1. The maximum absolute atomic E-state index is 11.7. The summed E-state index contributed by atoms with van der Waals surface area (Å²) in [5, 5.41) is -0.288. The first kappa shape index (κ1) is 14.3. The second-order valence-electron chi connectivity index (χ2n) is 4.70. The number of imidazole rings is 1. The Hall–Kier alpha value is -2.68. The highest BCUT2D eigenvalue weighted by Gasteiger charge is 2.16. The number of benzene rings is 1. The molecule has 0 aliphatic rings. The van der Waals surface area contributed by atoms with Crippen LogP contribution in [0, 0.1) is 0 Å². The van der Waals surface area contributed by atoms with E-state index in [2.05, 4.69) is 19.9 Å². The molecule has 3 rings (SSSR count). The molecular weight excluding hydrogens is 306 g/mol. The summed E-state index contributed by atoms with van der Waals surface area (Å²) in [5.74, 6) is 0.483. The Morgan fingerprint density at radius 3 is 2.64 bits per heavy atom. The van der Waals surface area contributed by atoms with E-state index < -0.39 is 9.84 Å². The van der Waals surface area contributed by atoms with E-state index in [0.717, 1.165) is 11.8 Å². The van der Waals surface area contributed by atoms with E-state index >= 15 is 0 Å². The van der Waals surface area contributed by atoms with E-state index in [1.807, 2.05) is 0 Å². The van der Waals surface area contributed by atoms with Gasteiger partial charge in [-0.3, -0.25) is 0 Å². The molecule has 0 amide bonds. The minimum Gasteiger partial charge on any atom is -0.481 e. The fourth-order valence-corrected chi connectivity index (χ4v) is 2.53. The van der Waals surface area contributed by atoms with E-state index in [0.29, 0.717) is 22.7 Å². The maximum atomic E-state index is 11.7. The SMILES string of the molecule is COc1cc(-c2ccc3[nH]c(N)nc3c2)nc(S(C)(=O)=O)n1. The average molecular weight is 319 g/mol. The van der Waals surface area contributed by atoms with Gasteiger partial charge in [-0.2, -0.15) is 4.98 Å². The quantitative estimate of drug-likeness (QED) is 0.690. The van der Waals surface area contributed by atoms with E-state index in [1.54, 1.807) is 24.3 Å². The van der Waals surface area contributed by atoms with Crippen molar-refractivity contribution in [1.82, 2.24) is 19.9 Å². The average Bonchev–Trinajstić information content (AvgIpc) is 2.84. The molecular formula is C13H13N5O3S. The number of nitrogens with zero attached hydrogens (tertiary/aromatic N) is 3. The molecule has 0 unspecified atom stereocenters. The predicted octanol–water partition coefficient (Wildman–Crippen LogP) is 1.01. The molecule has 114 valence electrons. The van der Waals surface area contributed by atoms with Crippen LogP contribution in [0.5, 0.6) is 5.88 Å². The van der Waals surface area contributed by atoms with Gasteiger partial charge in [-0.05, 0) is 12.1 Å². The van der Waals surface area contributed by atoms with E-state index in [4.69, 9.17) is 10.5 Å². The lowest BCUT2D eigenvalue weighted by Crippen LogP contribution is -2.06. The second-order valence-corrected chi connectivity index (χ2v) is 6.61. The zero-order chi connectivity index (χ0) is 15.9. The monoisotopic (exact) mass is 319 g/mol. The molecule has 8 nitrogen and oxygen atoms in total. The molecule has 2 aromatic heterocycles. The van der Waals surface area contributed by atoms with Crippen LogP contribution in [0.15, 0.2) is 29.4 Å². The topological polar surface area (TPSA) is 124 Å². The highest BCUT2D eigenvalue weighted by atomic mass is 32.2. The van der Waals surface area contributed by atoms with Crippen molar-refractivity contribution in [2.45, 2.75) is 5.16 Å².